The van der Waals surface area contributed by atoms with Crippen LogP contribution in [0, 0.1) is 0 Å². The number of halogens is 1. The van der Waals surface area contributed by atoms with Gasteiger partial charge in [0.25, 0.3) is 0 Å². The van der Waals surface area contributed by atoms with Crippen LogP contribution in [0.5, 0.6) is 0 Å². The second-order valence-corrected chi connectivity index (χ2v) is 4.68. The fraction of sp³-hybridized carbons (Fsp3) is 0. The van der Waals surface area contributed by atoms with Gasteiger partial charge in [-0.25, -0.2) is 4.98 Å². The van der Waals surface area contributed by atoms with Crippen molar-refractivity contribution in [1.29, 1.82) is 0 Å². The lowest BCUT2D eigenvalue weighted by atomic mass is 10.2. The summed E-state index contributed by atoms with van der Waals surface area (Å²) in [7, 11) is 0. The quantitative estimate of drug-likeness (QED) is 0.494. The van der Waals surface area contributed by atoms with Crippen molar-refractivity contribution in [2.75, 3.05) is 5.32 Å². The predicted octanol–water partition coefficient (Wildman–Crippen LogP) is 3.23. The Labute approximate surface area is 118 Å². The van der Waals surface area contributed by atoms with E-state index in [-0.39, 0.29) is 5.28 Å². The van der Waals surface area contributed by atoms with Gasteiger partial charge in [0.05, 0.1) is 22.7 Å². The van der Waals surface area contributed by atoms with E-state index in [1.54, 1.807) is 12.5 Å². The smallest absolute Gasteiger partial charge is 0.226 e. The number of anilines is 2. The van der Waals surface area contributed by atoms with E-state index in [0.717, 1.165) is 22.1 Å². The molecule has 20 heavy (non-hydrogen) atoms. The molecule has 0 radical (unpaired) electrons. The van der Waals surface area contributed by atoms with Crippen LogP contribution in [0.25, 0.3) is 22.1 Å². The normalized spacial score (nSPS) is 11.2. The van der Waals surface area contributed by atoms with Gasteiger partial charge in [-0.15, -0.1) is 0 Å². The number of fused-ring (bicyclic) bond motifs is 2. The topological polar surface area (TPSA) is 82.3 Å². The molecule has 0 aliphatic heterocycles. The highest BCUT2D eigenvalue weighted by molar-refractivity contribution is 6.28. The van der Waals surface area contributed by atoms with Gasteiger partial charge in [-0.1, -0.05) is 0 Å². The molecule has 0 saturated heterocycles. The molecule has 1 aromatic carbocycles. The van der Waals surface area contributed by atoms with Crippen molar-refractivity contribution in [3.05, 3.63) is 42.1 Å². The van der Waals surface area contributed by atoms with Crippen LogP contribution < -0.4 is 5.32 Å². The summed E-state index contributed by atoms with van der Waals surface area (Å²) in [4.78, 5) is 18.6. The van der Waals surface area contributed by atoms with Crippen molar-refractivity contribution in [1.82, 2.24) is 24.9 Å². The van der Waals surface area contributed by atoms with Crippen LogP contribution in [-0.4, -0.2) is 24.9 Å². The first kappa shape index (κ1) is 11.2. The second kappa shape index (κ2) is 4.21. The van der Waals surface area contributed by atoms with Crippen molar-refractivity contribution in [2.24, 2.45) is 0 Å². The number of aromatic amines is 2. The minimum absolute atomic E-state index is 0.199. The summed E-state index contributed by atoms with van der Waals surface area (Å²) in [5.41, 5.74) is 3.48. The molecule has 0 aliphatic carbocycles. The Kier molecular flexibility index (Phi) is 2.37. The second-order valence-electron chi connectivity index (χ2n) is 4.34. The summed E-state index contributed by atoms with van der Waals surface area (Å²) >= 11 is 5.93. The number of hydrogen-bond acceptors (Lipinski definition) is 4. The van der Waals surface area contributed by atoms with E-state index in [1.807, 2.05) is 24.3 Å². The molecule has 6 nitrogen and oxygen atoms in total. The summed E-state index contributed by atoms with van der Waals surface area (Å²) < 4.78 is 0. The average molecular weight is 285 g/mol. The Morgan fingerprint density at radius 2 is 2.05 bits per heavy atom. The minimum atomic E-state index is 0.199. The molecule has 3 aromatic heterocycles. The zero-order chi connectivity index (χ0) is 13.5. The third-order valence-corrected chi connectivity index (χ3v) is 3.24. The summed E-state index contributed by atoms with van der Waals surface area (Å²) in [5, 5.41) is 4.34. The van der Waals surface area contributed by atoms with Gasteiger partial charge in [0.15, 0.2) is 0 Å². The van der Waals surface area contributed by atoms with Gasteiger partial charge in [0.2, 0.25) is 5.28 Å². The van der Waals surface area contributed by atoms with Gasteiger partial charge in [0, 0.05) is 11.9 Å². The Balaban J connectivity index is 1.81. The number of nitrogens with zero attached hydrogens (tertiary/aromatic N) is 3. The molecule has 0 spiro atoms. The van der Waals surface area contributed by atoms with E-state index >= 15 is 0 Å². The molecule has 0 amide bonds. The number of nitrogens with one attached hydrogen (secondary N) is 3. The van der Waals surface area contributed by atoms with E-state index in [1.165, 1.54) is 0 Å². The van der Waals surface area contributed by atoms with E-state index in [2.05, 4.69) is 30.2 Å². The number of aromatic nitrogens is 5. The molecule has 0 unspecified atom stereocenters. The van der Waals surface area contributed by atoms with Crippen LogP contribution in [0.4, 0.5) is 11.5 Å². The highest BCUT2D eigenvalue weighted by Gasteiger charge is 2.08. The first-order valence-electron chi connectivity index (χ1n) is 6.00. The van der Waals surface area contributed by atoms with Crippen molar-refractivity contribution in [3.63, 3.8) is 0 Å². The molecular formula is C13H9ClN6. The zero-order valence-electron chi connectivity index (χ0n) is 10.2. The molecule has 98 valence electrons. The Hall–Kier alpha value is -2.60. The molecule has 4 aromatic rings. The molecule has 0 saturated carbocycles. The molecular weight excluding hydrogens is 276 g/mol. The third kappa shape index (κ3) is 1.78. The van der Waals surface area contributed by atoms with Gasteiger partial charge in [-0.3, -0.25) is 0 Å². The first-order valence-corrected chi connectivity index (χ1v) is 6.38. The van der Waals surface area contributed by atoms with E-state index in [0.29, 0.717) is 11.5 Å². The van der Waals surface area contributed by atoms with Crippen molar-refractivity contribution in [2.45, 2.75) is 0 Å². The highest BCUT2D eigenvalue weighted by atomic mass is 35.5. The van der Waals surface area contributed by atoms with E-state index in [9.17, 15) is 0 Å². The zero-order valence-corrected chi connectivity index (χ0v) is 10.9. The third-order valence-electron chi connectivity index (χ3n) is 3.07. The first-order chi connectivity index (χ1) is 9.79. The molecule has 3 heterocycles. The van der Waals surface area contributed by atoms with Gasteiger partial charge < -0.3 is 15.3 Å². The van der Waals surface area contributed by atoms with Gasteiger partial charge in [-0.2, -0.15) is 9.97 Å². The molecule has 3 N–H and O–H groups in total. The largest absolute Gasteiger partial charge is 0.346 e. The number of hydrogen-bond donors (Lipinski definition) is 3. The average Bonchev–Trinajstić information content (AvgIpc) is 3.05. The number of benzene rings is 1. The summed E-state index contributed by atoms with van der Waals surface area (Å²) in [6.45, 7) is 0. The van der Waals surface area contributed by atoms with Gasteiger partial charge in [-0.05, 0) is 35.9 Å². The molecule has 0 fully saturated rings. The Morgan fingerprint density at radius 1 is 1.10 bits per heavy atom. The molecule has 4 rings (SSSR count). The molecule has 7 heteroatoms. The maximum atomic E-state index is 5.93. The Bertz CT molecular complexity index is 909. The highest BCUT2D eigenvalue weighted by Crippen LogP contribution is 2.25. The molecule has 0 aliphatic rings. The molecule has 0 atom stereocenters. The number of rotatable bonds is 2. The van der Waals surface area contributed by atoms with Crippen molar-refractivity contribution < 1.29 is 0 Å². The Morgan fingerprint density at radius 3 is 3.00 bits per heavy atom. The minimum Gasteiger partial charge on any atom is -0.346 e. The lowest BCUT2D eigenvalue weighted by molar-refractivity contribution is 1.20. The maximum Gasteiger partial charge on any atom is 0.226 e. The van der Waals surface area contributed by atoms with E-state index < -0.39 is 0 Å². The summed E-state index contributed by atoms with van der Waals surface area (Å²) in [6.07, 6.45) is 3.47. The standard InChI is InChI=1S/C13H9ClN6/c14-13-19-11-8(3-4-15-11)12(20-13)18-7-1-2-9-10(5-7)17-6-16-9/h1-6H,(H,16,17)(H2,15,18,19,20). The number of imidazole rings is 1. The van der Waals surface area contributed by atoms with E-state index in [4.69, 9.17) is 11.6 Å². The van der Waals surface area contributed by atoms with Crippen LogP contribution in [0.15, 0.2) is 36.8 Å². The maximum absolute atomic E-state index is 5.93. The SMILES string of the molecule is Clc1nc(Nc2ccc3nc[nH]c3c2)c2cc[nH]c2n1. The summed E-state index contributed by atoms with van der Waals surface area (Å²) in [6, 6.07) is 7.75. The van der Waals surface area contributed by atoms with Crippen LogP contribution >= 0.6 is 11.6 Å². The van der Waals surface area contributed by atoms with Crippen molar-refractivity contribution in [3.8, 4) is 0 Å². The van der Waals surface area contributed by atoms with Gasteiger partial charge >= 0.3 is 0 Å². The predicted molar refractivity (Wildman–Crippen MR) is 78.3 cm³/mol. The van der Waals surface area contributed by atoms with Crippen LogP contribution in [0.2, 0.25) is 5.28 Å². The fourth-order valence-electron chi connectivity index (χ4n) is 2.16. The van der Waals surface area contributed by atoms with Crippen LogP contribution in [0.3, 0.4) is 0 Å². The van der Waals surface area contributed by atoms with Crippen molar-refractivity contribution >= 4 is 45.2 Å². The fourth-order valence-corrected chi connectivity index (χ4v) is 2.33. The lowest BCUT2D eigenvalue weighted by Crippen LogP contribution is -1.96. The molecule has 0 bridgehead atoms. The summed E-state index contributed by atoms with van der Waals surface area (Å²) in [5.74, 6) is 0.667. The van der Waals surface area contributed by atoms with Crippen LogP contribution in [0.1, 0.15) is 0 Å². The number of H-pyrrole nitrogens is 2. The monoisotopic (exact) mass is 284 g/mol. The van der Waals surface area contributed by atoms with Crippen LogP contribution in [-0.2, 0) is 0 Å². The van der Waals surface area contributed by atoms with Gasteiger partial charge in [0.1, 0.15) is 11.5 Å². The lowest BCUT2D eigenvalue weighted by Gasteiger charge is -2.07.